The number of carbonyl (C=O) groups excluding carboxylic acids is 1. The first-order valence-corrected chi connectivity index (χ1v) is 8.17. The van der Waals surface area contributed by atoms with E-state index in [9.17, 15) is 4.79 Å². The molecule has 7 heteroatoms. The summed E-state index contributed by atoms with van der Waals surface area (Å²) in [5.41, 5.74) is 2.88. The number of anilines is 1. The predicted molar refractivity (Wildman–Crippen MR) is 80.2 cm³/mol. The van der Waals surface area contributed by atoms with Crippen molar-refractivity contribution in [3.8, 4) is 0 Å². The van der Waals surface area contributed by atoms with Crippen LogP contribution in [0.2, 0.25) is 0 Å². The Morgan fingerprint density at radius 3 is 3.10 bits per heavy atom. The number of nitrogens with zero attached hydrogens (tertiary/aromatic N) is 3. The van der Waals surface area contributed by atoms with Gasteiger partial charge in [-0.05, 0) is 30.7 Å². The van der Waals surface area contributed by atoms with Gasteiger partial charge in [0.15, 0.2) is 5.78 Å². The van der Waals surface area contributed by atoms with Crippen LogP contribution in [-0.4, -0.2) is 31.8 Å². The Balaban J connectivity index is 1.91. The number of aromatic amines is 1. The summed E-state index contributed by atoms with van der Waals surface area (Å²) in [5.74, 6) is 0.931. The minimum absolute atomic E-state index is 0.177. The fourth-order valence-electron chi connectivity index (χ4n) is 3.04. The van der Waals surface area contributed by atoms with E-state index < -0.39 is 0 Å². The minimum Gasteiger partial charge on any atom is -0.367 e. The highest BCUT2D eigenvalue weighted by Crippen LogP contribution is 2.40. The van der Waals surface area contributed by atoms with Crippen LogP contribution in [0.3, 0.4) is 0 Å². The molecule has 3 heterocycles. The lowest BCUT2D eigenvalue weighted by Gasteiger charge is -2.31. The molecule has 1 aliphatic heterocycles. The topological polar surface area (TPSA) is 75.6 Å². The summed E-state index contributed by atoms with van der Waals surface area (Å²) >= 11 is 1.50. The van der Waals surface area contributed by atoms with Crippen LogP contribution in [0, 0.1) is 0 Å². The van der Waals surface area contributed by atoms with Gasteiger partial charge in [-0.2, -0.15) is 4.98 Å². The van der Waals surface area contributed by atoms with Gasteiger partial charge in [0.05, 0.1) is 0 Å². The van der Waals surface area contributed by atoms with Gasteiger partial charge < -0.3 is 10.3 Å². The first-order valence-electron chi connectivity index (χ1n) is 6.94. The van der Waals surface area contributed by atoms with Gasteiger partial charge in [-0.3, -0.25) is 4.79 Å². The number of hydrogen-bond donors (Lipinski definition) is 2. The van der Waals surface area contributed by atoms with Crippen molar-refractivity contribution in [1.82, 2.24) is 19.7 Å². The number of ketones is 1. The maximum atomic E-state index is 12.4. The lowest BCUT2D eigenvalue weighted by Crippen LogP contribution is -2.31. The third-order valence-electron chi connectivity index (χ3n) is 3.97. The SMILES string of the molecule is CSc1nc2n(n1)C(c1cc[nH]c1)C1=C(CCCC1=O)N2. The average Bonchev–Trinajstić information content (AvgIpc) is 3.14. The van der Waals surface area contributed by atoms with Gasteiger partial charge in [-0.1, -0.05) is 11.8 Å². The molecule has 4 rings (SSSR count). The molecule has 1 aliphatic carbocycles. The molecule has 0 saturated heterocycles. The molecule has 108 valence electrons. The van der Waals surface area contributed by atoms with Crippen molar-refractivity contribution in [3.63, 3.8) is 0 Å². The van der Waals surface area contributed by atoms with E-state index in [2.05, 4.69) is 20.4 Å². The van der Waals surface area contributed by atoms with Crippen molar-refractivity contribution < 1.29 is 4.79 Å². The third kappa shape index (κ3) is 1.91. The van der Waals surface area contributed by atoms with Crippen molar-refractivity contribution in [3.05, 3.63) is 35.3 Å². The van der Waals surface area contributed by atoms with E-state index in [0.29, 0.717) is 11.6 Å². The van der Waals surface area contributed by atoms with E-state index >= 15 is 0 Å². The Morgan fingerprint density at radius 2 is 2.33 bits per heavy atom. The fourth-order valence-corrected chi connectivity index (χ4v) is 3.39. The zero-order chi connectivity index (χ0) is 14.4. The molecule has 6 nitrogen and oxygen atoms in total. The Labute approximate surface area is 126 Å². The van der Waals surface area contributed by atoms with Crippen molar-refractivity contribution in [1.29, 1.82) is 0 Å². The second-order valence-corrected chi connectivity index (χ2v) is 5.98. The number of fused-ring (bicyclic) bond motifs is 1. The third-order valence-corrected chi connectivity index (χ3v) is 4.51. The van der Waals surface area contributed by atoms with Crippen molar-refractivity contribution in [2.45, 2.75) is 30.5 Å². The van der Waals surface area contributed by atoms with E-state index in [1.807, 2.05) is 29.4 Å². The summed E-state index contributed by atoms with van der Waals surface area (Å²) in [6.07, 6.45) is 8.15. The van der Waals surface area contributed by atoms with E-state index in [-0.39, 0.29) is 11.8 Å². The molecule has 1 atom stereocenters. The number of rotatable bonds is 2. The highest BCUT2D eigenvalue weighted by atomic mass is 32.2. The fraction of sp³-hybridized carbons (Fsp3) is 0.357. The number of Topliss-reactive ketones (excluding diaryl/α,β-unsaturated/α-hetero) is 1. The van der Waals surface area contributed by atoms with Gasteiger partial charge in [-0.25, -0.2) is 4.68 Å². The molecule has 0 fully saturated rings. The quantitative estimate of drug-likeness (QED) is 0.833. The van der Waals surface area contributed by atoms with E-state index in [4.69, 9.17) is 0 Å². The van der Waals surface area contributed by atoms with Crippen LogP contribution in [0.1, 0.15) is 30.9 Å². The molecule has 1 unspecified atom stereocenters. The minimum atomic E-state index is -0.177. The summed E-state index contributed by atoms with van der Waals surface area (Å²) < 4.78 is 1.83. The summed E-state index contributed by atoms with van der Waals surface area (Å²) in [4.78, 5) is 20.0. The van der Waals surface area contributed by atoms with Crippen LogP contribution >= 0.6 is 11.8 Å². The zero-order valence-electron chi connectivity index (χ0n) is 11.6. The molecule has 0 bridgehead atoms. The lowest BCUT2D eigenvalue weighted by molar-refractivity contribution is -0.116. The first-order chi connectivity index (χ1) is 10.3. The molecule has 0 saturated carbocycles. The molecule has 0 radical (unpaired) electrons. The normalized spacial score (nSPS) is 21.0. The van der Waals surface area contributed by atoms with Gasteiger partial charge >= 0.3 is 0 Å². The van der Waals surface area contributed by atoms with Crippen LogP contribution in [0.15, 0.2) is 34.9 Å². The zero-order valence-corrected chi connectivity index (χ0v) is 12.4. The Bertz CT molecular complexity index is 731. The van der Waals surface area contributed by atoms with Crippen molar-refractivity contribution in [2.24, 2.45) is 0 Å². The molecule has 2 aromatic heterocycles. The molecule has 21 heavy (non-hydrogen) atoms. The Morgan fingerprint density at radius 1 is 1.43 bits per heavy atom. The number of hydrogen-bond acceptors (Lipinski definition) is 5. The van der Waals surface area contributed by atoms with Gasteiger partial charge in [-0.15, -0.1) is 5.10 Å². The van der Waals surface area contributed by atoms with Crippen LogP contribution in [-0.2, 0) is 4.79 Å². The Hall–Kier alpha value is -2.02. The maximum Gasteiger partial charge on any atom is 0.227 e. The molecular weight excluding hydrogens is 286 g/mol. The number of H-pyrrole nitrogens is 1. The highest BCUT2D eigenvalue weighted by molar-refractivity contribution is 7.98. The van der Waals surface area contributed by atoms with Crippen LogP contribution in [0.5, 0.6) is 0 Å². The van der Waals surface area contributed by atoms with Gasteiger partial charge in [0.2, 0.25) is 11.1 Å². The summed E-state index contributed by atoms with van der Waals surface area (Å²) in [6.45, 7) is 0. The van der Waals surface area contributed by atoms with Crippen molar-refractivity contribution >= 4 is 23.5 Å². The monoisotopic (exact) mass is 301 g/mol. The first kappa shape index (κ1) is 12.7. The summed E-state index contributed by atoms with van der Waals surface area (Å²) in [7, 11) is 0. The lowest BCUT2D eigenvalue weighted by atomic mass is 9.86. The summed E-state index contributed by atoms with van der Waals surface area (Å²) in [5, 5.41) is 8.55. The largest absolute Gasteiger partial charge is 0.367 e. The number of aromatic nitrogens is 4. The number of thioether (sulfide) groups is 1. The molecular formula is C14H15N5OS. The Kier molecular flexibility index (Phi) is 2.88. The van der Waals surface area contributed by atoms with Crippen LogP contribution in [0.25, 0.3) is 0 Å². The van der Waals surface area contributed by atoms with Crippen molar-refractivity contribution in [2.75, 3.05) is 11.6 Å². The van der Waals surface area contributed by atoms with Gasteiger partial charge in [0.1, 0.15) is 6.04 Å². The molecule has 2 aromatic rings. The van der Waals surface area contributed by atoms with E-state index in [0.717, 1.165) is 35.6 Å². The summed E-state index contributed by atoms with van der Waals surface area (Å²) in [6, 6.07) is 1.82. The van der Waals surface area contributed by atoms with E-state index in [1.54, 1.807) is 0 Å². The average molecular weight is 301 g/mol. The number of nitrogens with one attached hydrogen (secondary N) is 2. The van der Waals surface area contributed by atoms with E-state index in [1.165, 1.54) is 11.8 Å². The molecule has 0 spiro atoms. The standard InChI is InChI=1S/C14H15N5OS/c1-21-14-17-13-16-9-3-2-4-10(20)11(9)12(19(13)18-14)8-5-6-15-7-8/h5-7,12,15H,2-4H2,1H3,(H,16,17,18). The predicted octanol–water partition coefficient (Wildman–Crippen LogP) is 2.35. The number of carbonyl (C=O) groups is 1. The second kappa shape index (κ2) is 4.77. The maximum absolute atomic E-state index is 12.4. The molecule has 0 aromatic carbocycles. The second-order valence-electron chi connectivity index (χ2n) is 5.21. The van der Waals surface area contributed by atoms with Crippen LogP contribution in [0.4, 0.5) is 5.95 Å². The molecule has 2 aliphatic rings. The smallest absolute Gasteiger partial charge is 0.227 e. The highest BCUT2D eigenvalue weighted by Gasteiger charge is 2.36. The molecule has 2 N–H and O–H groups in total. The van der Waals surface area contributed by atoms with Gasteiger partial charge in [0, 0.05) is 30.1 Å². The molecule has 0 amide bonds. The van der Waals surface area contributed by atoms with Crippen LogP contribution < -0.4 is 5.32 Å². The van der Waals surface area contributed by atoms with Gasteiger partial charge in [0.25, 0.3) is 0 Å². The number of allylic oxidation sites excluding steroid dienone is 2.